The molecule has 0 N–H and O–H groups in total. The zero-order valence-electron chi connectivity index (χ0n) is 7.61. The first-order valence-corrected chi connectivity index (χ1v) is 4.52. The first kappa shape index (κ1) is 10.5. The maximum Gasteiger partial charge on any atom is 0.509 e. The zero-order chi connectivity index (χ0) is 11.3. The number of rotatable bonds is 1. The monoisotopic (exact) mass is 221 g/mol. The Labute approximate surface area is 83.2 Å². The highest BCUT2D eigenvalue weighted by Crippen LogP contribution is 2.41. The van der Waals surface area contributed by atoms with Crippen LogP contribution in [0.2, 0.25) is 0 Å². The molecule has 2 rings (SSSR count). The lowest BCUT2D eigenvalue weighted by Crippen LogP contribution is -2.34. The predicted octanol–water partition coefficient (Wildman–Crippen LogP) is 2.78. The number of halogens is 5. The number of fused-ring (bicyclic) bond motifs is 1. The van der Waals surface area contributed by atoms with E-state index in [1.807, 2.05) is 0 Å². The summed E-state index contributed by atoms with van der Waals surface area (Å²) in [5.41, 5.74) is -0.936. The van der Waals surface area contributed by atoms with Crippen molar-refractivity contribution in [3.05, 3.63) is 29.3 Å². The summed E-state index contributed by atoms with van der Waals surface area (Å²) in [6.45, 7) is -5.10. The van der Waals surface area contributed by atoms with Crippen LogP contribution in [0.3, 0.4) is 0 Å². The van der Waals surface area contributed by atoms with E-state index in [1.165, 1.54) is 0 Å². The Morgan fingerprint density at radius 3 is 2.40 bits per heavy atom. The van der Waals surface area contributed by atoms with E-state index in [1.54, 1.807) is 0 Å². The minimum absolute atomic E-state index is 0.0162. The van der Waals surface area contributed by atoms with Crippen LogP contribution >= 0.6 is 0 Å². The highest BCUT2D eigenvalue weighted by Gasteiger charge is 2.39. The minimum Gasteiger partial charge on any atom is -0.445 e. The normalized spacial score (nSPS) is 19.0. The summed E-state index contributed by atoms with van der Waals surface area (Å²) in [4.78, 5) is 0. The molecule has 0 nitrogen and oxygen atoms in total. The first-order valence-electron chi connectivity index (χ1n) is 4.52. The summed E-state index contributed by atoms with van der Waals surface area (Å²) in [7, 11) is 0. The third-order valence-electron chi connectivity index (χ3n) is 2.61. The van der Waals surface area contributed by atoms with Crippen LogP contribution in [-0.2, 0) is 12.3 Å². The molecular weight excluding hydrogens is 214 g/mol. The summed E-state index contributed by atoms with van der Waals surface area (Å²) in [5.74, 6) is -2.97. The Morgan fingerprint density at radius 1 is 1.13 bits per heavy atom. The van der Waals surface area contributed by atoms with Crippen molar-refractivity contribution < 1.29 is 21.7 Å². The first-order chi connectivity index (χ1) is 6.81. The van der Waals surface area contributed by atoms with Gasteiger partial charge in [0.05, 0.1) is 0 Å². The fraction of sp³-hybridized carbons (Fsp3) is 0.333. The molecule has 0 saturated heterocycles. The molecule has 1 aromatic carbocycles. The molecule has 0 aliphatic heterocycles. The van der Waals surface area contributed by atoms with E-state index in [0.717, 1.165) is 18.2 Å². The van der Waals surface area contributed by atoms with Crippen molar-refractivity contribution in [1.82, 2.24) is 0 Å². The van der Waals surface area contributed by atoms with Gasteiger partial charge < -0.3 is 12.9 Å². The molecular formula is C9H7BF5-. The van der Waals surface area contributed by atoms with E-state index < -0.39 is 24.8 Å². The van der Waals surface area contributed by atoms with Crippen LogP contribution in [0.15, 0.2) is 18.2 Å². The fourth-order valence-corrected chi connectivity index (χ4v) is 1.81. The average molecular weight is 221 g/mol. The smallest absolute Gasteiger partial charge is 0.445 e. The molecule has 1 aliphatic carbocycles. The molecule has 1 aliphatic rings. The number of benzene rings is 1. The minimum atomic E-state index is -5.10. The SMILES string of the molecule is F[B-](F)(F)c1ccc2c(c1)CCC2(F)F. The standard InChI is InChI=1S/C9H7BF5/c11-9(12)4-3-6-5-7(10(13,14)15)1-2-8(6)9/h1-2,5H,3-4H2/q-1. The number of hydrogen-bond acceptors (Lipinski definition) is 0. The van der Waals surface area contributed by atoms with Gasteiger partial charge in [-0.15, -0.1) is 5.46 Å². The fourth-order valence-electron chi connectivity index (χ4n) is 1.81. The van der Waals surface area contributed by atoms with Gasteiger partial charge in [0.1, 0.15) is 0 Å². The zero-order valence-corrected chi connectivity index (χ0v) is 7.61. The van der Waals surface area contributed by atoms with Crippen molar-refractivity contribution in [2.45, 2.75) is 18.8 Å². The quantitative estimate of drug-likeness (QED) is 0.505. The lowest BCUT2D eigenvalue weighted by Gasteiger charge is -2.17. The van der Waals surface area contributed by atoms with E-state index >= 15 is 0 Å². The van der Waals surface area contributed by atoms with Crippen LogP contribution in [0.1, 0.15) is 17.5 Å². The molecule has 0 saturated carbocycles. The lowest BCUT2D eigenvalue weighted by atomic mass is 9.79. The van der Waals surface area contributed by atoms with Crippen molar-refractivity contribution >= 4 is 12.4 Å². The molecule has 1 aromatic rings. The molecule has 0 amide bonds. The summed E-state index contributed by atoms with van der Waals surface area (Å²) < 4.78 is 63.2. The van der Waals surface area contributed by atoms with Gasteiger partial charge in [-0.05, 0) is 12.0 Å². The van der Waals surface area contributed by atoms with Gasteiger partial charge in [-0.3, -0.25) is 0 Å². The molecule has 15 heavy (non-hydrogen) atoms. The van der Waals surface area contributed by atoms with E-state index in [0.29, 0.717) is 0 Å². The third kappa shape index (κ3) is 1.73. The van der Waals surface area contributed by atoms with Crippen LogP contribution in [0.4, 0.5) is 21.7 Å². The van der Waals surface area contributed by atoms with Gasteiger partial charge in [-0.1, -0.05) is 18.2 Å². The number of alkyl halides is 2. The molecule has 0 unspecified atom stereocenters. The van der Waals surface area contributed by atoms with E-state index in [2.05, 4.69) is 0 Å². The topological polar surface area (TPSA) is 0 Å². The molecule has 0 heterocycles. The van der Waals surface area contributed by atoms with Crippen molar-refractivity contribution in [3.63, 3.8) is 0 Å². The van der Waals surface area contributed by atoms with Crippen LogP contribution in [0.25, 0.3) is 0 Å². The molecule has 0 bridgehead atoms. The molecule has 6 heteroatoms. The van der Waals surface area contributed by atoms with E-state index in [9.17, 15) is 21.7 Å². The van der Waals surface area contributed by atoms with E-state index in [-0.39, 0.29) is 17.5 Å². The largest absolute Gasteiger partial charge is 0.509 e. The molecule has 0 atom stereocenters. The van der Waals surface area contributed by atoms with Gasteiger partial charge in [-0.25, -0.2) is 8.78 Å². The van der Waals surface area contributed by atoms with Gasteiger partial charge >= 0.3 is 6.98 Å². The Balaban J connectivity index is 2.47. The predicted molar refractivity (Wildman–Crippen MR) is 47.4 cm³/mol. The Morgan fingerprint density at radius 2 is 1.80 bits per heavy atom. The van der Waals surface area contributed by atoms with Gasteiger partial charge in [0.25, 0.3) is 5.92 Å². The third-order valence-corrected chi connectivity index (χ3v) is 2.61. The second kappa shape index (κ2) is 2.96. The highest BCUT2D eigenvalue weighted by molar-refractivity contribution is 6.73. The summed E-state index contributed by atoms with van der Waals surface area (Å²) in [6.07, 6.45) is -0.376. The Kier molecular flexibility index (Phi) is 2.07. The van der Waals surface area contributed by atoms with Gasteiger partial charge in [-0.2, -0.15) is 0 Å². The highest BCUT2D eigenvalue weighted by atomic mass is 19.4. The lowest BCUT2D eigenvalue weighted by molar-refractivity contribution is -0.00183. The van der Waals surface area contributed by atoms with Gasteiger partial charge in [0, 0.05) is 12.0 Å². The van der Waals surface area contributed by atoms with Crippen LogP contribution in [0, 0.1) is 0 Å². The van der Waals surface area contributed by atoms with Crippen molar-refractivity contribution in [3.8, 4) is 0 Å². The molecule has 82 valence electrons. The molecule has 0 aromatic heterocycles. The Bertz CT molecular complexity index is 396. The second-order valence-corrected chi connectivity index (χ2v) is 3.70. The summed E-state index contributed by atoms with van der Waals surface area (Å²) >= 11 is 0. The molecule has 0 spiro atoms. The number of hydrogen-bond donors (Lipinski definition) is 0. The van der Waals surface area contributed by atoms with Crippen LogP contribution < -0.4 is 5.46 Å². The maximum atomic E-state index is 13.1. The maximum absolute atomic E-state index is 13.1. The number of aryl methyl sites for hydroxylation is 1. The van der Waals surface area contributed by atoms with Crippen molar-refractivity contribution in [2.24, 2.45) is 0 Å². The van der Waals surface area contributed by atoms with Crippen LogP contribution in [0.5, 0.6) is 0 Å². The molecule has 0 fully saturated rings. The summed E-state index contributed by atoms with van der Waals surface area (Å²) in [6, 6.07) is 2.47. The molecule has 0 radical (unpaired) electrons. The van der Waals surface area contributed by atoms with Gasteiger partial charge in [0.15, 0.2) is 0 Å². The summed E-state index contributed by atoms with van der Waals surface area (Å²) in [5, 5.41) is 0. The van der Waals surface area contributed by atoms with Gasteiger partial charge in [0.2, 0.25) is 0 Å². The van der Waals surface area contributed by atoms with Crippen molar-refractivity contribution in [1.29, 1.82) is 0 Å². The van der Waals surface area contributed by atoms with Crippen LogP contribution in [-0.4, -0.2) is 6.98 Å². The van der Waals surface area contributed by atoms with Crippen molar-refractivity contribution in [2.75, 3.05) is 0 Å². The second-order valence-electron chi connectivity index (χ2n) is 3.70. The van der Waals surface area contributed by atoms with E-state index in [4.69, 9.17) is 0 Å². The Hall–Kier alpha value is -1.07. The average Bonchev–Trinajstić information content (AvgIpc) is 2.41.